The van der Waals surface area contributed by atoms with Crippen molar-refractivity contribution in [3.05, 3.63) is 23.5 Å². The van der Waals surface area contributed by atoms with E-state index < -0.39 is 0 Å². The standard InChI is InChI=1S/C12H19N3S/c1-3-10(13-4-2)5-6-11-9-15-7-8-16-12(15)14-11/h7-10,13H,3-6H2,1-2H3. The Balaban J connectivity index is 1.92. The summed E-state index contributed by atoms with van der Waals surface area (Å²) in [6, 6.07) is 0.629. The molecule has 2 heterocycles. The van der Waals surface area contributed by atoms with Gasteiger partial charge in [0, 0.05) is 23.8 Å². The van der Waals surface area contributed by atoms with E-state index in [4.69, 9.17) is 0 Å². The highest BCUT2D eigenvalue weighted by atomic mass is 32.1. The SMILES string of the molecule is CCNC(CC)CCc1cn2ccsc2n1. The molecule has 0 aliphatic rings. The van der Waals surface area contributed by atoms with Crippen LogP contribution in [0.15, 0.2) is 17.8 Å². The maximum Gasteiger partial charge on any atom is 0.193 e. The number of thiazole rings is 1. The Morgan fingerprint density at radius 2 is 2.38 bits per heavy atom. The summed E-state index contributed by atoms with van der Waals surface area (Å²) in [6.07, 6.45) is 7.65. The normalized spacial score (nSPS) is 13.4. The molecule has 0 saturated heterocycles. The lowest BCUT2D eigenvalue weighted by Crippen LogP contribution is -2.28. The molecule has 2 aromatic heterocycles. The van der Waals surface area contributed by atoms with Crippen LogP contribution in [0.1, 0.15) is 32.4 Å². The Kier molecular flexibility index (Phi) is 3.96. The Labute approximate surface area is 101 Å². The van der Waals surface area contributed by atoms with E-state index in [1.165, 1.54) is 18.5 Å². The molecule has 3 nitrogen and oxygen atoms in total. The van der Waals surface area contributed by atoms with Crippen molar-refractivity contribution in [2.24, 2.45) is 0 Å². The molecule has 0 saturated carbocycles. The lowest BCUT2D eigenvalue weighted by molar-refractivity contribution is 0.479. The van der Waals surface area contributed by atoms with Crippen molar-refractivity contribution in [3.63, 3.8) is 0 Å². The molecule has 0 spiro atoms. The predicted octanol–water partition coefficient (Wildman–Crippen LogP) is 2.72. The molecule has 2 rings (SSSR count). The van der Waals surface area contributed by atoms with E-state index in [2.05, 4.69) is 46.3 Å². The van der Waals surface area contributed by atoms with Gasteiger partial charge in [0.2, 0.25) is 0 Å². The lowest BCUT2D eigenvalue weighted by Gasteiger charge is -2.14. The van der Waals surface area contributed by atoms with E-state index >= 15 is 0 Å². The lowest BCUT2D eigenvalue weighted by atomic mass is 10.1. The number of hydrogen-bond donors (Lipinski definition) is 1. The number of aromatic nitrogens is 2. The zero-order valence-corrected chi connectivity index (χ0v) is 10.8. The first-order valence-corrected chi connectivity index (χ1v) is 6.86. The van der Waals surface area contributed by atoms with Gasteiger partial charge in [-0.2, -0.15) is 0 Å². The number of nitrogens with one attached hydrogen (secondary N) is 1. The van der Waals surface area contributed by atoms with Gasteiger partial charge < -0.3 is 5.32 Å². The first-order valence-electron chi connectivity index (χ1n) is 5.98. The van der Waals surface area contributed by atoms with Gasteiger partial charge >= 0.3 is 0 Å². The highest BCUT2D eigenvalue weighted by molar-refractivity contribution is 7.15. The molecule has 1 unspecified atom stereocenters. The molecule has 1 N–H and O–H groups in total. The van der Waals surface area contributed by atoms with Gasteiger partial charge in [0.15, 0.2) is 4.96 Å². The third-order valence-electron chi connectivity index (χ3n) is 2.88. The second kappa shape index (κ2) is 5.46. The quantitative estimate of drug-likeness (QED) is 0.837. The van der Waals surface area contributed by atoms with Crippen molar-refractivity contribution in [1.82, 2.24) is 14.7 Å². The number of imidazole rings is 1. The van der Waals surface area contributed by atoms with Crippen LogP contribution in [0, 0.1) is 0 Å². The molecular weight excluding hydrogens is 218 g/mol. The minimum Gasteiger partial charge on any atom is -0.314 e. The largest absolute Gasteiger partial charge is 0.314 e. The Morgan fingerprint density at radius 1 is 1.50 bits per heavy atom. The summed E-state index contributed by atoms with van der Waals surface area (Å²) in [5, 5.41) is 5.57. The van der Waals surface area contributed by atoms with Gasteiger partial charge in [-0.3, -0.25) is 4.40 Å². The van der Waals surface area contributed by atoms with Gasteiger partial charge in [0.05, 0.1) is 5.69 Å². The number of fused-ring (bicyclic) bond motifs is 1. The van der Waals surface area contributed by atoms with E-state index in [0.29, 0.717) is 6.04 Å². The fourth-order valence-electron chi connectivity index (χ4n) is 1.96. The zero-order chi connectivity index (χ0) is 11.4. The first kappa shape index (κ1) is 11.6. The molecule has 16 heavy (non-hydrogen) atoms. The molecule has 0 aliphatic heterocycles. The van der Waals surface area contributed by atoms with Crippen molar-refractivity contribution in [3.8, 4) is 0 Å². The van der Waals surface area contributed by atoms with Crippen molar-refractivity contribution in [2.45, 2.75) is 39.2 Å². The summed E-state index contributed by atoms with van der Waals surface area (Å²) in [5.74, 6) is 0. The van der Waals surface area contributed by atoms with E-state index in [-0.39, 0.29) is 0 Å². The van der Waals surface area contributed by atoms with Crippen LogP contribution in [-0.2, 0) is 6.42 Å². The molecule has 88 valence electrons. The second-order valence-electron chi connectivity index (χ2n) is 4.03. The third-order valence-corrected chi connectivity index (χ3v) is 3.65. The van der Waals surface area contributed by atoms with Gasteiger partial charge in [-0.05, 0) is 25.8 Å². The monoisotopic (exact) mass is 237 g/mol. The van der Waals surface area contributed by atoms with Crippen LogP contribution in [0.25, 0.3) is 4.96 Å². The number of rotatable bonds is 6. The van der Waals surface area contributed by atoms with E-state index in [1.807, 2.05) is 0 Å². The maximum absolute atomic E-state index is 4.59. The average Bonchev–Trinajstić information content (AvgIpc) is 2.84. The molecule has 0 fully saturated rings. The van der Waals surface area contributed by atoms with Crippen LogP contribution < -0.4 is 5.32 Å². The van der Waals surface area contributed by atoms with Crippen LogP contribution in [0.2, 0.25) is 0 Å². The van der Waals surface area contributed by atoms with Crippen LogP contribution >= 0.6 is 11.3 Å². The summed E-state index contributed by atoms with van der Waals surface area (Å²) < 4.78 is 2.11. The summed E-state index contributed by atoms with van der Waals surface area (Å²) in [5.41, 5.74) is 1.21. The van der Waals surface area contributed by atoms with Crippen molar-refractivity contribution in [2.75, 3.05) is 6.54 Å². The molecular formula is C12H19N3S. The number of aryl methyl sites for hydroxylation is 1. The minimum absolute atomic E-state index is 0.629. The molecule has 0 amide bonds. The van der Waals surface area contributed by atoms with Crippen molar-refractivity contribution < 1.29 is 0 Å². The zero-order valence-electron chi connectivity index (χ0n) is 9.94. The van der Waals surface area contributed by atoms with Crippen LogP contribution in [-0.4, -0.2) is 22.0 Å². The minimum atomic E-state index is 0.629. The van der Waals surface area contributed by atoms with Gasteiger partial charge in [-0.1, -0.05) is 13.8 Å². The molecule has 2 aromatic rings. The Bertz CT molecular complexity index is 404. The summed E-state index contributed by atoms with van der Waals surface area (Å²) >= 11 is 1.69. The van der Waals surface area contributed by atoms with Crippen molar-refractivity contribution >= 4 is 16.3 Å². The molecule has 0 bridgehead atoms. The van der Waals surface area contributed by atoms with E-state index in [0.717, 1.165) is 17.9 Å². The predicted molar refractivity (Wildman–Crippen MR) is 69.1 cm³/mol. The number of nitrogens with zero attached hydrogens (tertiary/aromatic N) is 2. The average molecular weight is 237 g/mol. The van der Waals surface area contributed by atoms with E-state index in [1.54, 1.807) is 11.3 Å². The maximum atomic E-state index is 4.59. The van der Waals surface area contributed by atoms with Crippen LogP contribution in [0.4, 0.5) is 0 Å². The Morgan fingerprint density at radius 3 is 3.06 bits per heavy atom. The highest BCUT2D eigenvalue weighted by Gasteiger charge is 2.07. The van der Waals surface area contributed by atoms with Crippen molar-refractivity contribution in [1.29, 1.82) is 0 Å². The topological polar surface area (TPSA) is 29.3 Å². The van der Waals surface area contributed by atoms with E-state index in [9.17, 15) is 0 Å². The van der Waals surface area contributed by atoms with Gasteiger partial charge in [0.25, 0.3) is 0 Å². The fraction of sp³-hybridized carbons (Fsp3) is 0.583. The third kappa shape index (κ3) is 2.62. The summed E-state index contributed by atoms with van der Waals surface area (Å²) in [6.45, 7) is 5.45. The molecule has 4 heteroatoms. The molecule has 0 aromatic carbocycles. The molecule has 0 aliphatic carbocycles. The van der Waals surface area contributed by atoms with Gasteiger partial charge in [0.1, 0.15) is 0 Å². The molecule has 1 atom stereocenters. The van der Waals surface area contributed by atoms with Gasteiger partial charge in [-0.25, -0.2) is 4.98 Å². The smallest absolute Gasteiger partial charge is 0.193 e. The fourth-order valence-corrected chi connectivity index (χ4v) is 2.68. The number of hydrogen-bond acceptors (Lipinski definition) is 3. The highest BCUT2D eigenvalue weighted by Crippen LogP contribution is 2.13. The summed E-state index contributed by atoms with van der Waals surface area (Å²) in [4.78, 5) is 5.70. The second-order valence-corrected chi connectivity index (χ2v) is 4.90. The first-order chi connectivity index (χ1) is 7.83. The van der Waals surface area contributed by atoms with Crippen LogP contribution in [0.3, 0.4) is 0 Å². The van der Waals surface area contributed by atoms with Gasteiger partial charge in [-0.15, -0.1) is 11.3 Å². The summed E-state index contributed by atoms with van der Waals surface area (Å²) in [7, 11) is 0. The van der Waals surface area contributed by atoms with Crippen LogP contribution in [0.5, 0.6) is 0 Å². The molecule has 0 radical (unpaired) electrons. The Hall–Kier alpha value is -0.870.